The number of hydrogen-bond donors (Lipinski definition) is 3. The molecule has 1 amide bonds. The minimum absolute atomic E-state index is 0.0234. The Morgan fingerprint density at radius 2 is 2.03 bits per heavy atom. The first-order valence-electron chi connectivity index (χ1n) is 8.70. The minimum Gasteiger partial charge on any atom is -0.439 e. The lowest BCUT2D eigenvalue weighted by atomic mass is 10.1. The van der Waals surface area contributed by atoms with Crippen LogP contribution in [0.2, 0.25) is 0 Å². The van der Waals surface area contributed by atoms with Gasteiger partial charge in [-0.3, -0.25) is 4.79 Å². The normalized spacial score (nSPS) is 14.6. The van der Waals surface area contributed by atoms with Crippen molar-refractivity contribution in [2.75, 3.05) is 25.5 Å². The van der Waals surface area contributed by atoms with E-state index in [0.717, 1.165) is 6.07 Å². The van der Waals surface area contributed by atoms with Gasteiger partial charge in [0.15, 0.2) is 0 Å². The third-order valence-electron chi connectivity index (χ3n) is 4.10. The molecule has 0 spiro atoms. The zero-order valence-corrected chi connectivity index (χ0v) is 15.4. The van der Waals surface area contributed by atoms with Crippen molar-refractivity contribution < 1.29 is 27.1 Å². The van der Waals surface area contributed by atoms with Crippen LogP contribution in [0.5, 0.6) is 11.6 Å². The maximum atomic E-state index is 13.5. The molecule has 1 aromatic heterocycles. The predicted octanol–water partition coefficient (Wildman–Crippen LogP) is 3.44. The molecular weight excluding hydrogens is 392 g/mol. The van der Waals surface area contributed by atoms with Crippen LogP contribution in [0, 0.1) is 5.82 Å². The molecule has 0 aliphatic carbocycles. The molecule has 1 aliphatic heterocycles. The number of anilines is 1. The van der Waals surface area contributed by atoms with E-state index in [0.29, 0.717) is 48.6 Å². The van der Waals surface area contributed by atoms with Crippen LogP contribution in [0.3, 0.4) is 0 Å². The number of nitrogens with zero attached hydrogens (tertiary/aromatic N) is 1. The van der Waals surface area contributed by atoms with E-state index in [2.05, 4.69) is 20.9 Å². The average molecular weight is 410 g/mol. The number of likely N-dealkylation sites (N-methyl/N-ethyl adjacent to an activating group) is 1. The lowest BCUT2D eigenvalue weighted by Crippen LogP contribution is -2.36. The molecule has 0 radical (unpaired) electrons. The first-order chi connectivity index (χ1) is 13.8. The highest BCUT2D eigenvalue weighted by Crippen LogP contribution is 2.33. The number of halogens is 4. The van der Waals surface area contributed by atoms with Gasteiger partial charge in [-0.2, -0.15) is 13.2 Å². The second kappa shape index (κ2) is 8.48. The summed E-state index contributed by atoms with van der Waals surface area (Å²) in [5.41, 5.74) is 0.640. The third-order valence-corrected chi connectivity index (χ3v) is 4.10. The van der Waals surface area contributed by atoms with E-state index < -0.39 is 17.6 Å². The number of amides is 1. The van der Waals surface area contributed by atoms with Crippen molar-refractivity contribution in [3.63, 3.8) is 0 Å². The summed E-state index contributed by atoms with van der Waals surface area (Å²) in [7, 11) is 1.72. The van der Waals surface area contributed by atoms with Gasteiger partial charge < -0.3 is 20.7 Å². The molecular formula is C19H18F4N4O2. The summed E-state index contributed by atoms with van der Waals surface area (Å²) in [6.45, 7) is 0.846. The average Bonchev–Trinajstić information content (AvgIpc) is 2.64. The molecule has 29 heavy (non-hydrogen) atoms. The molecule has 154 valence electrons. The van der Waals surface area contributed by atoms with E-state index in [1.54, 1.807) is 13.1 Å². The summed E-state index contributed by atoms with van der Waals surface area (Å²) in [6, 6.07) is 5.01. The third kappa shape index (κ3) is 5.23. The number of ether oxygens (including phenoxy) is 1. The summed E-state index contributed by atoms with van der Waals surface area (Å²) >= 11 is 0. The number of carbonyl (C=O) groups is 1. The molecule has 0 atom stereocenters. The lowest BCUT2D eigenvalue weighted by Gasteiger charge is -2.22. The van der Waals surface area contributed by atoms with Crippen molar-refractivity contribution in [1.29, 1.82) is 0 Å². The predicted molar refractivity (Wildman–Crippen MR) is 97.9 cm³/mol. The Morgan fingerprint density at radius 1 is 1.24 bits per heavy atom. The van der Waals surface area contributed by atoms with E-state index in [9.17, 15) is 22.4 Å². The lowest BCUT2D eigenvalue weighted by molar-refractivity contribution is -0.137. The second-order valence-corrected chi connectivity index (χ2v) is 6.28. The van der Waals surface area contributed by atoms with E-state index in [1.807, 2.05) is 0 Å². The molecule has 2 aromatic rings. The highest BCUT2D eigenvalue weighted by molar-refractivity contribution is 5.96. The van der Waals surface area contributed by atoms with Gasteiger partial charge in [-0.1, -0.05) is 0 Å². The van der Waals surface area contributed by atoms with Crippen molar-refractivity contribution in [1.82, 2.24) is 15.6 Å². The Hall–Kier alpha value is -3.14. The quantitative estimate of drug-likeness (QED) is 0.637. The molecule has 0 unspecified atom stereocenters. The fourth-order valence-electron chi connectivity index (χ4n) is 2.82. The topological polar surface area (TPSA) is 75.3 Å². The van der Waals surface area contributed by atoms with Crippen molar-refractivity contribution in [3.05, 3.63) is 59.2 Å². The maximum absolute atomic E-state index is 13.5. The molecule has 0 saturated heterocycles. The Labute approximate surface area is 164 Å². The number of carbonyl (C=O) groups excluding carboxylic acids is 1. The SMILES string of the molecule is CNCC1=C(Nc2ccnc(Oc3cc(F)cc(C(F)(F)F)c3)c2)CCNC1=O. The monoisotopic (exact) mass is 410 g/mol. The van der Waals surface area contributed by atoms with Gasteiger partial charge in [0.05, 0.1) is 5.56 Å². The van der Waals surface area contributed by atoms with Crippen LogP contribution in [-0.2, 0) is 11.0 Å². The number of aromatic nitrogens is 1. The summed E-state index contributed by atoms with van der Waals surface area (Å²) in [5, 5.41) is 8.81. The fourth-order valence-corrected chi connectivity index (χ4v) is 2.82. The summed E-state index contributed by atoms with van der Waals surface area (Å²) in [6.07, 6.45) is -2.72. The second-order valence-electron chi connectivity index (χ2n) is 6.28. The van der Waals surface area contributed by atoms with Crippen molar-refractivity contribution in [2.45, 2.75) is 12.6 Å². The number of rotatable bonds is 6. The maximum Gasteiger partial charge on any atom is 0.416 e. The first-order valence-corrected chi connectivity index (χ1v) is 8.70. The van der Waals surface area contributed by atoms with Crippen molar-refractivity contribution in [3.8, 4) is 11.6 Å². The van der Waals surface area contributed by atoms with Gasteiger partial charge in [0, 0.05) is 54.8 Å². The Morgan fingerprint density at radius 3 is 2.76 bits per heavy atom. The number of benzene rings is 1. The van der Waals surface area contributed by atoms with Crippen LogP contribution in [0.25, 0.3) is 0 Å². The van der Waals surface area contributed by atoms with Crippen LogP contribution < -0.4 is 20.7 Å². The van der Waals surface area contributed by atoms with E-state index in [-0.39, 0.29) is 17.5 Å². The van der Waals surface area contributed by atoms with Gasteiger partial charge in [0.25, 0.3) is 0 Å². The summed E-state index contributed by atoms with van der Waals surface area (Å²) in [5.74, 6) is -1.60. The molecule has 1 aliphatic rings. The molecule has 0 bridgehead atoms. The molecule has 3 N–H and O–H groups in total. The van der Waals surface area contributed by atoms with Gasteiger partial charge in [-0.15, -0.1) is 0 Å². The molecule has 0 fully saturated rings. The van der Waals surface area contributed by atoms with E-state index in [4.69, 9.17) is 4.74 Å². The van der Waals surface area contributed by atoms with Crippen LogP contribution in [0.1, 0.15) is 12.0 Å². The Bertz CT molecular complexity index is 944. The highest BCUT2D eigenvalue weighted by Gasteiger charge is 2.31. The molecule has 3 rings (SSSR count). The highest BCUT2D eigenvalue weighted by atomic mass is 19.4. The largest absolute Gasteiger partial charge is 0.439 e. The number of pyridine rings is 1. The van der Waals surface area contributed by atoms with Crippen LogP contribution in [-0.4, -0.2) is 31.0 Å². The minimum atomic E-state index is -4.70. The van der Waals surface area contributed by atoms with Gasteiger partial charge >= 0.3 is 6.18 Å². The van der Waals surface area contributed by atoms with Crippen molar-refractivity contribution >= 4 is 11.6 Å². The smallest absolute Gasteiger partial charge is 0.416 e. The van der Waals surface area contributed by atoms with Crippen LogP contribution >= 0.6 is 0 Å². The van der Waals surface area contributed by atoms with Crippen molar-refractivity contribution in [2.24, 2.45) is 0 Å². The molecule has 10 heteroatoms. The number of hydrogen-bond acceptors (Lipinski definition) is 5. The standard InChI is InChI=1S/C19H18F4N4O2/c1-24-10-15-16(3-5-26-18(15)28)27-13-2-4-25-17(9-13)29-14-7-11(19(21,22)23)6-12(20)8-14/h2,4,6-9,24H,3,5,10H2,1H3,(H,25,27)(H,26,28). The van der Waals surface area contributed by atoms with Gasteiger partial charge in [-0.25, -0.2) is 9.37 Å². The van der Waals surface area contributed by atoms with Gasteiger partial charge in [0.1, 0.15) is 11.6 Å². The zero-order valence-electron chi connectivity index (χ0n) is 15.4. The number of alkyl halides is 3. The van der Waals surface area contributed by atoms with Gasteiger partial charge in [-0.05, 0) is 25.2 Å². The summed E-state index contributed by atoms with van der Waals surface area (Å²) in [4.78, 5) is 16.0. The zero-order chi connectivity index (χ0) is 21.0. The molecule has 1 aromatic carbocycles. The van der Waals surface area contributed by atoms with Crippen LogP contribution in [0.4, 0.5) is 23.2 Å². The van der Waals surface area contributed by atoms with E-state index in [1.165, 1.54) is 12.3 Å². The number of nitrogens with one attached hydrogen (secondary N) is 3. The molecule has 6 nitrogen and oxygen atoms in total. The fraction of sp³-hybridized carbons (Fsp3) is 0.263. The first kappa shape index (κ1) is 20.6. The van der Waals surface area contributed by atoms with E-state index >= 15 is 0 Å². The van der Waals surface area contributed by atoms with Crippen LogP contribution in [0.15, 0.2) is 47.8 Å². The van der Waals surface area contributed by atoms with Gasteiger partial charge in [0.2, 0.25) is 11.8 Å². The molecule has 2 heterocycles. The summed E-state index contributed by atoms with van der Waals surface area (Å²) < 4.78 is 57.4. The molecule has 0 saturated carbocycles. The Kier molecular flexibility index (Phi) is 6.02. The Balaban J connectivity index is 1.83.